The fraction of sp³-hybridized carbons (Fsp3) is 0.250. The van der Waals surface area contributed by atoms with Crippen LogP contribution in [0, 0.1) is 12.7 Å². The van der Waals surface area contributed by atoms with Gasteiger partial charge in [0.05, 0.1) is 11.9 Å². The first kappa shape index (κ1) is 13.0. The van der Waals surface area contributed by atoms with Crippen LogP contribution in [0.1, 0.15) is 21.6 Å². The maximum atomic E-state index is 13.0. The maximum absolute atomic E-state index is 13.0. The summed E-state index contributed by atoms with van der Waals surface area (Å²) < 4.78 is 14.6. The highest BCUT2D eigenvalue weighted by atomic mass is 19.1. The average molecular weight is 264 g/mol. The van der Waals surface area contributed by atoms with E-state index in [9.17, 15) is 9.18 Å². The number of carboxylic acids is 1. The van der Waals surface area contributed by atoms with Crippen molar-refractivity contribution in [2.24, 2.45) is 7.05 Å². The Morgan fingerprint density at radius 1 is 1.58 bits per heavy atom. The lowest BCUT2D eigenvalue weighted by atomic mass is 10.2. The van der Waals surface area contributed by atoms with Gasteiger partial charge in [-0.1, -0.05) is 0 Å². The summed E-state index contributed by atoms with van der Waals surface area (Å²) in [4.78, 5) is 14.8. The smallest absolute Gasteiger partial charge is 0.339 e. The predicted molar refractivity (Wildman–Crippen MR) is 66.4 cm³/mol. The van der Waals surface area contributed by atoms with E-state index in [1.54, 1.807) is 11.7 Å². The first-order valence-corrected chi connectivity index (χ1v) is 5.59. The third-order valence-corrected chi connectivity index (χ3v) is 2.65. The molecule has 19 heavy (non-hydrogen) atoms. The Labute approximate surface area is 108 Å². The first-order chi connectivity index (χ1) is 8.97. The van der Waals surface area contributed by atoms with Gasteiger partial charge >= 0.3 is 5.97 Å². The predicted octanol–water partition coefficient (Wildman–Crippen LogP) is 1.57. The monoisotopic (exact) mass is 264 g/mol. The highest BCUT2D eigenvalue weighted by Gasteiger charge is 2.13. The van der Waals surface area contributed by atoms with E-state index in [1.807, 2.05) is 13.1 Å². The van der Waals surface area contributed by atoms with E-state index >= 15 is 0 Å². The fourth-order valence-corrected chi connectivity index (χ4v) is 1.74. The molecule has 2 N–H and O–H groups in total. The third-order valence-electron chi connectivity index (χ3n) is 2.65. The van der Waals surface area contributed by atoms with E-state index in [2.05, 4.69) is 15.4 Å². The number of carbonyl (C=O) groups is 1. The topological polar surface area (TPSA) is 80.0 Å². The minimum atomic E-state index is -1.22. The Morgan fingerprint density at radius 3 is 2.89 bits per heavy atom. The lowest BCUT2D eigenvalue weighted by Crippen LogP contribution is -2.09. The number of nitrogens with one attached hydrogen (secondary N) is 1. The molecular formula is C12H13FN4O2. The van der Waals surface area contributed by atoms with Gasteiger partial charge < -0.3 is 10.4 Å². The van der Waals surface area contributed by atoms with Crippen LogP contribution >= 0.6 is 0 Å². The Morgan fingerprint density at radius 2 is 2.32 bits per heavy atom. The van der Waals surface area contributed by atoms with Crippen molar-refractivity contribution in [1.29, 1.82) is 0 Å². The van der Waals surface area contributed by atoms with Crippen LogP contribution in [0.2, 0.25) is 0 Å². The van der Waals surface area contributed by atoms with Crippen LogP contribution in [-0.4, -0.2) is 25.8 Å². The van der Waals surface area contributed by atoms with Gasteiger partial charge in [-0.05, 0) is 13.0 Å². The number of halogens is 1. The third kappa shape index (κ3) is 2.87. The molecule has 0 aliphatic carbocycles. The highest BCUT2D eigenvalue weighted by molar-refractivity contribution is 5.93. The van der Waals surface area contributed by atoms with Gasteiger partial charge in [-0.3, -0.25) is 4.68 Å². The molecule has 0 radical (unpaired) electrons. The number of pyridine rings is 1. The van der Waals surface area contributed by atoms with Crippen molar-refractivity contribution < 1.29 is 14.3 Å². The van der Waals surface area contributed by atoms with Gasteiger partial charge in [0.25, 0.3) is 0 Å². The van der Waals surface area contributed by atoms with Crippen LogP contribution in [0.4, 0.5) is 10.2 Å². The molecule has 0 amide bonds. The second kappa shape index (κ2) is 5.05. The minimum absolute atomic E-state index is 0.136. The molecule has 0 fully saturated rings. The Balaban J connectivity index is 2.20. The Kier molecular flexibility index (Phi) is 3.46. The highest BCUT2D eigenvalue weighted by Crippen LogP contribution is 2.15. The number of carboxylic acid groups (broad SMARTS) is 1. The van der Waals surface area contributed by atoms with E-state index in [1.165, 1.54) is 0 Å². The van der Waals surface area contributed by atoms with Gasteiger partial charge in [0.1, 0.15) is 17.2 Å². The van der Waals surface area contributed by atoms with Gasteiger partial charge in [-0.15, -0.1) is 0 Å². The van der Waals surface area contributed by atoms with Crippen molar-refractivity contribution in [2.45, 2.75) is 13.5 Å². The maximum Gasteiger partial charge on any atom is 0.339 e. The molecule has 2 aromatic heterocycles. The zero-order chi connectivity index (χ0) is 14.0. The summed E-state index contributed by atoms with van der Waals surface area (Å²) in [6, 6.07) is 0.938. The lowest BCUT2D eigenvalue weighted by molar-refractivity contribution is 0.0697. The molecule has 0 saturated carbocycles. The molecule has 2 rings (SSSR count). The van der Waals surface area contributed by atoms with Gasteiger partial charge in [0.15, 0.2) is 0 Å². The first-order valence-electron chi connectivity index (χ1n) is 5.59. The van der Waals surface area contributed by atoms with Crippen molar-refractivity contribution in [3.05, 3.63) is 41.1 Å². The van der Waals surface area contributed by atoms with Crippen LogP contribution in [0.25, 0.3) is 0 Å². The van der Waals surface area contributed by atoms with Crippen LogP contribution in [0.15, 0.2) is 18.5 Å². The number of anilines is 1. The number of hydrogen-bond acceptors (Lipinski definition) is 4. The van der Waals surface area contributed by atoms with Gasteiger partial charge in [0.2, 0.25) is 0 Å². The molecule has 0 unspecified atom stereocenters. The molecule has 100 valence electrons. The van der Waals surface area contributed by atoms with Crippen molar-refractivity contribution in [3.63, 3.8) is 0 Å². The second-order valence-electron chi connectivity index (χ2n) is 4.12. The summed E-state index contributed by atoms with van der Waals surface area (Å²) in [5, 5.41) is 16.0. The molecule has 0 spiro atoms. The Hall–Kier alpha value is -2.44. The van der Waals surface area contributed by atoms with E-state index < -0.39 is 11.8 Å². The van der Waals surface area contributed by atoms with Gasteiger partial charge in [0, 0.05) is 25.4 Å². The normalized spacial score (nSPS) is 10.5. The van der Waals surface area contributed by atoms with Crippen molar-refractivity contribution >= 4 is 11.8 Å². The van der Waals surface area contributed by atoms with Crippen LogP contribution in [-0.2, 0) is 13.6 Å². The largest absolute Gasteiger partial charge is 0.478 e. The van der Waals surface area contributed by atoms with Gasteiger partial charge in [-0.2, -0.15) is 5.10 Å². The molecule has 2 heterocycles. The average Bonchev–Trinajstić information content (AvgIpc) is 2.66. The summed E-state index contributed by atoms with van der Waals surface area (Å²) in [5.74, 6) is -1.77. The lowest BCUT2D eigenvalue weighted by Gasteiger charge is -2.07. The number of hydrogen-bond donors (Lipinski definition) is 2. The summed E-state index contributed by atoms with van der Waals surface area (Å²) in [5.41, 5.74) is 1.57. The molecule has 0 bridgehead atoms. The number of aryl methyl sites for hydroxylation is 2. The summed E-state index contributed by atoms with van der Waals surface area (Å²) in [6.07, 6.45) is 2.80. The molecule has 6 nitrogen and oxygen atoms in total. The number of rotatable bonds is 4. The minimum Gasteiger partial charge on any atom is -0.478 e. The van der Waals surface area contributed by atoms with Crippen LogP contribution in [0.3, 0.4) is 0 Å². The summed E-state index contributed by atoms with van der Waals surface area (Å²) in [6.45, 7) is 2.23. The van der Waals surface area contributed by atoms with E-state index in [4.69, 9.17) is 5.11 Å². The van der Waals surface area contributed by atoms with Crippen molar-refractivity contribution in [1.82, 2.24) is 14.8 Å². The molecule has 0 aromatic carbocycles. The molecule has 0 aliphatic rings. The van der Waals surface area contributed by atoms with Crippen LogP contribution in [0.5, 0.6) is 0 Å². The quantitative estimate of drug-likeness (QED) is 0.876. The number of aromatic carboxylic acids is 1. The van der Waals surface area contributed by atoms with E-state index in [-0.39, 0.29) is 11.4 Å². The van der Waals surface area contributed by atoms with Crippen LogP contribution < -0.4 is 5.32 Å². The zero-order valence-corrected chi connectivity index (χ0v) is 10.5. The molecule has 2 aromatic rings. The fourth-order valence-electron chi connectivity index (χ4n) is 1.74. The number of aromatic nitrogens is 3. The molecule has 0 saturated heterocycles. The molecule has 7 heteroatoms. The standard InChI is InChI=1S/C12H13FN4O2/c1-7-8(6-17(2)16-7)4-14-11-10(12(18)19)3-9(13)5-15-11/h3,5-6H,4H2,1-2H3,(H,14,15)(H,18,19). The summed E-state index contributed by atoms with van der Waals surface area (Å²) in [7, 11) is 1.80. The Bertz CT molecular complexity index is 624. The molecule has 0 atom stereocenters. The van der Waals surface area contributed by atoms with E-state index in [0.29, 0.717) is 6.54 Å². The summed E-state index contributed by atoms with van der Waals surface area (Å²) >= 11 is 0. The van der Waals surface area contributed by atoms with Crippen molar-refractivity contribution in [2.75, 3.05) is 5.32 Å². The second-order valence-corrected chi connectivity index (χ2v) is 4.12. The molecule has 0 aliphatic heterocycles. The SMILES string of the molecule is Cc1nn(C)cc1CNc1ncc(F)cc1C(=O)O. The number of nitrogens with zero attached hydrogens (tertiary/aromatic N) is 3. The van der Waals surface area contributed by atoms with Crippen molar-refractivity contribution in [3.8, 4) is 0 Å². The van der Waals surface area contributed by atoms with Gasteiger partial charge in [-0.25, -0.2) is 14.2 Å². The van der Waals surface area contributed by atoms with E-state index in [0.717, 1.165) is 23.5 Å². The zero-order valence-electron chi connectivity index (χ0n) is 10.5. The molecular weight excluding hydrogens is 251 g/mol.